The molecule has 166 valence electrons. The average Bonchev–Trinajstić information content (AvgIpc) is 3.42. The van der Waals surface area contributed by atoms with Gasteiger partial charge in [0.1, 0.15) is 11.5 Å². The first-order valence-electron chi connectivity index (χ1n) is 10.7. The summed E-state index contributed by atoms with van der Waals surface area (Å²) in [5, 5.41) is 7.60. The minimum Gasteiger partial charge on any atom is -0.484 e. The summed E-state index contributed by atoms with van der Waals surface area (Å²) in [4.78, 5) is 29.0. The number of carbonyl (C=O) groups is 2. The summed E-state index contributed by atoms with van der Waals surface area (Å²) >= 11 is 5.95. The topological polar surface area (TPSA) is 87.9 Å². The molecule has 2 aromatic rings. The third-order valence-corrected chi connectivity index (χ3v) is 5.93. The lowest BCUT2D eigenvalue weighted by Gasteiger charge is -2.26. The van der Waals surface area contributed by atoms with E-state index in [0.717, 1.165) is 31.0 Å². The predicted molar refractivity (Wildman–Crippen MR) is 115 cm³/mol. The molecule has 8 nitrogen and oxygen atoms in total. The summed E-state index contributed by atoms with van der Waals surface area (Å²) < 4.78 is 11.0. The van der Waals surface area contributed by atoms with Crippen LogP contribution in [0.1, 0.15) is 29.9 Å². The molecule has 1 aromatic carbocycles. The van der Waals surface area contributed by atoms with Gasteiger partial charge >= 0.3 is 0 Å². The van der Waals surface area contributed by atoms with Gasteiger partial charge in [-0.25, -0.2) is 0 Å². The Morgan fingerprint density at radius 1 is 1.23 bits per heavy atom. The van der Waals surface area contributed by atoms with Gasteiger partial charge in [0.25, 0.3) is 5.91 Å². The predicted octanol–water partition coefficient (Wildman–Crippen LogP) is 2.05. The molecule has 3 heterocycles. The molecule has 31 heavy (non-hydrogen) atoms. The molecule has 2 amide bonds. The molecule has 9 heteroatoms. The van der Waals surface area contributed by atoms with Crippen LogP contribution in [0.5, 0.6) is 5.75 Å². The molecule has 0 unspecified atom stereocenters. The van der Waals surface area contributed by atoms with Gasteiger partial charge in [-0.05, 0) is 44.1 Å². The monoisotopic (exact) mass is 446 g/mol. The van der Waals surface area contributed by atoms with Crippen molar-refractivity contribution in [3.05, 3.63) is 46.3 Å². The van der Waals surface area contributed by atoms with Crippen LogP contribution in [0.4, 0.5) is 0 Å². The highest BCUT2D eigenvalue weighted by molar-refractivity contribution is 6.30. The molecule has 1 fully saturated rings. The molecule has 2 aliphatic rings. The number of carbonyl (C=O) groups excluding carboxylic acids is 2. The summed E-state index contributed by atoms with van der Waals surface area (Å²) in [5.41, 5.74) is 1.43. The van der Waals surface area contributed by atoms with Crippen molar-refractivity contribution in [1.29, 1.82) is 0 Å². The van der Waals surface area contributed by atoms with Crippen molar-refractivity contribution in [3.8, 4) is 5.75 Å². The van der Waals surface area contributed by atoms with Gasteiger partial charge in [-0.15, -0.1) is 0 Å². The Hall–Kier alpha value is -2.58. The highest BCUT2D eigenvalue weighted by Crippen LogP contribution is 2.23. The fraction of sp³-hybridized carbons (Fsp3) is 0.500. The second-order valence-corrected chi connectivity index (χ2v) is 8.35. The van der Waals surface area contributed by atoms with E-state index in [1.54, 1.807) is 29.2 Å². The number of aromatic nitrogens is 1. The van der Waals surface area contributed by atoms with Crippen molar-refractivity contribution in [1.82, 2.24) is 20.3 Å². The molecule has 0 radical (unpaired) electrons. The normalized spacial score (nSPS) is 16.2. The van der Waals surface area contributed by atoms with Crippen LogP contribution in [-0.4, -0.2) is 66.1 Å². The zero-order valence-electron chi connectivity index (χ0n) is 17.4. The summed E-state index contributed by atoms with van der Waals surface area (Å²) in [6.07, 6.45) is 3.19. The van der Waals surface area contributed by atoms with Crippen LogP contribution < -0.4 is 10.1 Å². The number of rotatable bonds is 8. The molecule has 0 atom stereocenters. The molecule has 0 spiro atoms. The van der Waals surface area contributed by atoms with Crippen molar-refractivity contribution in [3.63, 3.8) is 0 Å². The van der Waals surface area contributed by atoms with Gasteiger partial charge in [-0.3, -0.25) is 9.59 Å². The first kappa shape index (κ1) is 21.6. The van der Waals surface area contributed by atoms with E-state index in [4.69, 9.17) is 20.9 Å². The Morgan fingerprint density at radius 2 is 2.06 bits per heavy atom. The van der Waals surface area contributed by atoms with E-state index in [2.05, 4.69) is 15.4 Å². The number of nitrogens with zero attached hydrogens (tertiary/aromatic N) is 3. The molecule has 0 saturated carbocycles. The lowest BCUT2D eigenvalue weighted by Crippen LogP contribution is -2.39. The first-order valence-corrected chi connectivity index (χ1v) is 11.1. The number of nitrogens with one attached hydrogen (secondary N) is 1. The van der Waals surface area contributed by atoms with Gasteiger partial charge < -0.3 is 24.4 Å². The number of likely N-dealkylation sites (tertiary alicyclic amines) is 1. The Balaban J connectivity index is 1.27. The number of benzene rings is 1. The van der Waals surface area contributed by atoms with Crippen LogP contribution in [-0.2, 0) is 29.0 Å². The highest BCUT2D eigenvalue weighted by atomic mass is 35.5. The van der Waals surface area contributed by atoms with E-state index in [9.17, 15) is 9.59 Å². The Labute approximate surface area is 186 Å². The number of amides is 2. The zero-order chi connectivity index (χ0) is 21.6. The molecule has 4 rings (SSSR count). The van der Waals surface area contributed by atoms with E-state index in [1.807, 2.05) is 0 Å². The van der Waals surface area contributed by atoms with Gasteiger partial charge in [-0.1, -0.05) is 22.8 Å². The molecular formula is C22H27ClN4O4. The molecule has 0 bridgehead atoms. The number of hydrogen-bond acceptors (Lipinski definition) is 6. The van der Waals surface area contributed by atoms with Gasteiger partial charge in [0.15, 0.2) is 6.61 Å². The third-order valence-electron chi connectivity index (χ3n) is 5.70. The fourth-order valence-electron chi connectivity index (χ4n) is 3.98. The number of halogens is 1. The molecule has 1 saturated heterocycles. The molecule has 2 aliphatic heterocycles. The maximum atomic E-state index is 12.6. The lowest BCUT2D eigenvalue weighted by atomic mass is 10.0. The Morgan fingerprint density at radius 3 is 2.87 bits per heavy atom. The van der Waals surface area contributed by atoms with Crippen LogP contribution in [0, 0.1) is 0 Å². The van der Waals surface area contributed by atoms with Crippen LogP contribution in [0.2, 0.25) is 5.02 Å². The van der Waals surface area contributed by atoms with E-state index >= 15 is 0 Å². The third kappa shape index (κ3) is 5.77. The molecular weight excluding hydrogens is 420 g/mol. The van der Waals surface area contributed by atoms with E-state index < -0.39 is 0 Å². The van der Waals surface area contributed by atoms with Crippen molar-refractivity contribution in [2.45, 2.75) is 32.2 Å². The maximum Gasteiger partial charge on any atom is 0.260 e. The van der Waals surface area contributed by atoms with Crippen LogP contribution >= 0.6 is 11.6 Å². The van der Waals surface area contributed by atoms with E-state index in [1.165, 1.54) is 12.8 Å². The minimum atomic E-state index is -0.132. The molecule has 1 aromatic heterocycles. The van der Waals surface area contributed by atoms with Crippen LogP contribution in [0.15, 0.2) is 28.8 Å². The van der Waals surface area contributed by atoms with Gasteiger partial charge in [0.2, 0.25) is 5.91 Å². The number of ether oxygens (including phenoxy) is 1. The molecule has 0 aliphatic carbocycles. The standard InChI is InChI=1S/C22H27ClN4O4/c23-16-4-3-5-17(12-16)30-15-22(29)27-10-6-20-18(14-27)19(25-31-20)13-21(28)24-7-11-26-8-1-2-9-26/h3-5,12H,1-2,6-11,13-15H2,(H,24,28). The van der Waals surface area contributed by atoms with Gasteiger partial charge in [0.05, 0.1) is 18.7 Å². The smallest absolute Gasteiger partial charge is 0.260 e. The van der Waals surface area contributed by atoms with E-state index in [-0.39, 0.29) is 24.8 Å². The van der Waals surface area contributed by atoms with Crippen molar-refractivity contribution in [2.75, 3.05) is 39.3 Å². The van der Waals surface area contributed by atoms with Gasteiger partial charge in [-0.2, -0.15) is 0 Å². The fourth-order valence-corrected chi connectivity index (χ4v) is 4.16. The van der Waals surface area contributed by atoms with Crippen LogP contribution in [0.25, 0.3) is 0 Å². The summed E-state index contributed by atoms with van der Waals surface area (Å²) in [6, 6.07) is 6.95. The number of fused-ring (bicyclic) bond motifs is 1. The lowest BCUT2D eigenvalue weighted by molar-refractivity contribution is -0.134. The van der Waals surface area contributed by atoms with Gasteiger partial charge in [0, 0.05) is 36.6 Å². The van der Waals surface area contributed by atoms with Crippen molar-refractivity contribution >= 4 is 23.4 Å². The second-order valence-electron chi connectivity index (χ2n) is 7.92. The summed E-state index contributed by atoms with van der Waals surface area (Å²) in [7, 11) is 0. The zero-order valence-corrected chi connectivity index (χ0v) is 18.2. The highest BCUT2D eigenvalue weighted by Gasteiger charge is 2.28. The SMILES string of the molecule is O=C(Cc1noc2c1CN(C(=O)COc1cccc(Cl)c1)CC2)NCCN1CCCC1. The Kier molecular flexibility index (Phi) is 7.09. The van der Waals surface area contributed by atoms with Crippen molar-refractivity contribution < 1.29 is 18.8 Å². The first-order chi connectivity index (χ1) is 15.1. The second kappa shape index (κ2) is 10.2. The maximum absolute atomic E-state index is 12.6. The minimum absolute atomic E-state index is 0.0761. The average molecular weight is 447 g/mol. The van der Waals surface area contributed by atoms with E-state index in [0.29, 0.717) is 42.5 Å². The quantitative estimate of drug-likeness (QED) is 0.667. The summed E-state index contributed by atoms with van der Waals surface area (Å²) in [5.74, 6) is 1.09. The number of hydrogen-bond donors (Lipinski definition) is 1. The Bertz CT molecular complexity index is 926. The van der Waals surface area contributed by atoms with Crippen LogP contribution in [0.3, 0.4) is 0 Å². The summed E-state index contributed by atoms with van der Waals surface area (Å²) in [6.45, 7) is 4.54. The largest absolute Gasteiger partial charge is 0.484 e. The van der Waals surface area contributed by atoms with Crippen molar-refractivity contribution in [2.24, 2.45) is 0 Å². The molecule has 1 N–H and O–H groups in total.